The average Bonchev–Trinajstić information content (AvgIpc) is 2.95. The van der Waals surface area contributed by atoms with Crippen LogP contribution in [0.15, 0.2) is 35.7 Å². The van der Waals surface area contributed by atoms with Gasteiger partial charge >= 0.3 is 5.97 Å². The topological polar surface area (TPSA) is 111 Å². The van der Waals surface area contributed by atoms with E-state index in [0.29, 0.717) is 12.5 Å². The summed E-state index contributed by atoms with van der Waals surface area (Å²) in [5.41, 5.74) is -0.0188. The van der Waals surface area contributed by atoms with Gasteiger partial charge in [-0.1, -0.05) is 13.8 Å². The lowest BCUT2D eigenvalue weighted by molar-refractivity contribution is 0.0697. The van der Waals surface area contributed by atoms with Crippen LogP contribution in [-0.4, -0.2) is 36.2 Å². The molecule has 0 unspecified atom stereocenters. The van der Waals surface area contributed by atoms with Crippen molar-refractivity contribution < 1.29 is 23.1 Å². The van der Waals surface area contributed by atoms with Crippen LogP contribution in [0.3, 0.4) is 0 Å². The fourth-order valence-electron chi connectivity index (χ4n) is 2.12. The number of hydrogen-bond donors (Lipinski definition) is 2. The first kappa shape index (κ1) is 17.8. The number of anilines is 1. The van der Waals surface area contributed by atoms with Crippen LogP contribution >= 0.6 is 0 Å². The third kappa shape index (κ3) is 4.05. The predicted octanol–water partition coefficient (Wildman–Crippen LogP) is 2.05. The number of benzene rings is 1. The maximum atomic E-state index is 12.5. The van der Waals surface area contributed by atoms with Crippen molar-refractivity contribution in [1.29, 1.82) is 0 Å². The maximum absolute atomic E-state index is 12.5. The number of rotatable bonds is 7. The Morgan fingerprint density at radius 3 is 2.71 bits per heavy atom. The number of sulfonamides is 1. The molecule has 8 nitrogen and oxygen atoms in total. The molecule has 1 aromatic carbocycles. The summed E-state index contributed by atoms with van der Waals surface area (Å²) in [4.78, 5) is 15.0. The summed E-state index contributed by atoms with van der Waals surface area (Å²) in [7, 11) is -2.59. The van der Waals surface area contributed by atoms with Gasteiger partial charge < -0.3 is 14.4 Å². The number of nitrogens with one attached hydrogen (secondary N) is 1. The monoisotopic (exact) mass is 353 g/mol. The lowest BCUT2D eigenvalue weighted by atomic mass is 10.2. The molecule has 0 atom stereocenters. The zero-order chi connectivity index (χ0) is 17.9. The van der Waals surface area contributed by atoms with Gasteiger partial charge in [0.15, 0.2) is 5.03 Å². The zero-order valence-electron chi connectivity index (χ0n) is 13.6. The molecule has 0 aliphatic carbocycles. The van der Waals surface area contributed by atoms with Gasteiger partial charge in [0.05, 0.1) is 24.7 Å². The Hall–Kier alpha value is -2.55. The van der Waals surface area contributed by atoms with E-state index in [1.807, 2.05) is 13.8 Å². The maximum Gasteiger partial charge on any atom is 0.335 e. The number of carboxylic acid groups (broad SMARTS) is 1. The molecule has 1 aromatic heterocycles. The lowest BCUT2D eigenvalue weighted by Crippen LogP contribution is -2.15. The van der Waals surface area contributed by atoms with Crippen molar-refractivity contribution in [2.45, 2.75) is 25.4 Å². The first-order chi connectivity index (χ1) is 11.2. The number of carbonyl (C=O) groups is 1. The molecule has 0 saturated heterocycles. The largest absolute Gasteiger partial charge is 0.495 e. The Kier molecular flexibility index (Phi) is 5.13. The molecule has 2 aromatic rings. The summed E-state index contributed by atoms with van der Waals surface area (Å²) in [6.45, 7) is 4.66. The Balaban J connectivity index is 2.33. The summed E-state index contributed by atoms with van der Waals surface area (Å²) in [5, 5.41) is 8.89. The molecule has 0 aliphatic rings. The highest BCUT2D eigenvalue weighted by Gasteiger charge is 2.20. The molecule has 24 heavy (non-hydrogen) atoms. The molecule has 9 heteroatoms. The van der Waals surface area contributed by atoms with Gasteiger partial charge in [-0.2, -0.15) is 8.42 Å². The van der Waals surface area contributed by atoms with Gasteiger partial charge in [0, 0.05) is 12.7 Å². The number of hydrogen-bond acceptors (Lipinski definition) is 5. The van der Waals surface area contributed by atoms with E-state index in [1.165, 1.54) is 37.8 Å². The first-order valence-electron chi connectivity index (χ1n) is 7.19. The second-order valence-corrected chi connectivity index (χ2v) is 7.26. The van der Waals surface area contributed by atoms with Crippen molar-refractivity contribution in [1.82, 2.24) is 9.55 Å². The minimum absolute atomic E-state index is 0.0378. The van der Waals surface area contributed by atoms with Gasteiger partial charge in [0.25, 0.3) is 10.0 Å². The predicted molar refractivity (Wildman–Crippen MR) is 87.8 cm³/mol. The Labute approximate surface area is 140 Å². The first-order valence-corrected chi connectivity index (χ1v) is 8.67. The number of aromatic nitrogens is 2. The number of ether oxygens (including phenoxy) is 1. The lowest BCUT2D eigenvalue weighted by Gasteiger charge is -2.11. The van der Waals surface area contributed by atoms with Crippen LogP contribution in [0.2, 0.25) is 0 Å². The number of carboxylic acids is 1. The van der Waals surface area contributed by atoms with E-state index in [9.17, 15) is 13.2 Å². The number of imidazole rings is 1. The Bertz CT molecular complexity index is 843. The van der Waals surface area contributed by atoms with Crippen LogP contribution in [0, 0.1) is 5.92 Å². The fraction of sp³-hybridized carbons (Fsp3) is 0.333. The molecule has 0 fully saturated rings. The van der Waals surface area contributed by atoms with E-state index in [0.717, 1.165) is 0 Å². The van der Waals surface area contributed by atoms with E-state index in [-0.39, 0.29) is 22.0 Å². The summed E-state index contributed by atoms with van der Waals surface area (Å²) in [6.07, 6.45) is 2.87. The molecule has 0 bridgehead atoms. The molecule has 0 aliphatic heterocycles. The molecule has 0 saturated carbocycles. The number of aromatic carboxylic acids is 1. The quantitative estimate of drug-likeness (QED) is 0.788. The smallest absolute Gasteiger partial charge is 0.335 e. The summed E-state index contributed by atoms with van der Waals surface area (Å²) in [5.74, 6) is -0.612. The average molecular weight is 353 g/mol. The van der Waals surface area contributed by atoms with E-state index < -0.39 is 16.0 Å². The molecule has 0 amide bonds. The SMILES string of the molecule is COc1ccc(C(=O)O)cc1NS(=O)(=O)c1cn(CC(C)C)cn1. The van der Waals surface area contributed by atoms with Gasteiger partial charge in [-0.25, -0.2) is 9.78 Å². The van der Waals surface area contributed by atoms with Crippen LogP contribution in [0.25, 0.3) is 0 Å². The van der Waals surface area contributed by atoms with E-state index in [2.05, 4.69) is 9.71 Å². The van der Waals surface area contributed by atoms with Crippen LogP contribution in [0.4, 0.5) is 5.69 Å². The molecule has 0 spiro atoms. The number of nitrogens with zero attached hydrogens (tertiary/aromatic N) is 2. The van der Waals surface area contributed by atoms with Gasteiger partial charge in [0.2, 0.25) is 0 Å². The highest BCUT2D eigenvalue weighted by molar-refractivity contribution is 7.92. The Morgan fingerprint density at radius 1 is 1.42 bits per heavy atom. The van der Waals surface area contributed by atoms with Crippen LogP contribution < -0.4 is 9.46 Å². The van der Waals surface area contributed by atoms with Crippen molar-refractivity contribution in [3.63, 3.8) is 0 Å². The summed E-state index contributed by atoms with van der Waals surface area (Å²) in [6, 6.07) is 3.92. The van der Waals surface area contributed by atoms with Crippen molar-refractivity contribution in [2.75, 3.05) is 11.8 Å². The van der Waals surface area contributed by atoms with Crippen molar-refractivity contribution in [3.05, 3.63) is 36.3 Å². The molecule has 2 N–H and O–H groups in total. The van der Waals surface area contributed by atoms with E-state index in [1.54, 1.807) is 4.57 Å². The highest BCUT2D eigenvalue weighted by atomic mass is 32.2. The van der Waals surface area contributed by atoms with Crippen LogP contribution in [0.1, 0.15) is 24.2 Å². The molecule has 130 valence electrons. The minimum Gasteiger partial charge on any atom is -0.495 e. The van der Waals surface area contributed by atoms with E-state index in [4.69, 9.17) is 9.84 Å². The summed E-state index contributed by atoms with van der Waals surface area (Å²) >= 11 is 0. The number of methoxy groups -OCH3 is 1. The standard InChI is InChI=1S/C15H19N3O5S/c1-10(2)7-18-8-14(16-9-18)24(21,22)17-12-6-11(15(19)20)4-5-13(12)23-3/h4-6,8-10,17H,7H2,1-3H3,(H,19,20). The summed E-state index contributed by atoms with van der Waals surface area (Å²) < 4.78 is 34.0. The van der Waals surface area contributed by atoms with Gasteiger partial charge in [0.1, 0.15) is 5.75 Å². The molecule has 0 radical (unpaired) electrons. The zero-order valence-corrected chi connectivity index (χ0v) is 14.4. The van der Waals surface area contributed by atoms with Gasteiger partial charge in [-0.15, -0.1) is 0 Å². The van der Waals surface area contributed by atoms with Gasteiger partial charge in [-0.3, -0.25) is 4.72 Å². The fourth-order valence-corrected chi connectivity index (χ4v) is 3.13. The van der Waals surface area contributed by atoms with Crippen LogP contribution in [0.5, 0.6) is 5.75 Å². The van der Waals surface area contributed by atoms with Crippen LogP contribution in [-0.2, 0) is 16.6 Å². The normalized spacial score (nSPS) is 11.5. The second-order valence-electron chi connectivity index (χ2n) is 5.63. The van der Waals surface area contributed by atoms with Crippen molar-refractivity contribution >= 4 is 21.7 Å². The highest BCUT2D eigenvalue weighted by Crippen LogP contribution is 2.27. The van der Waals surface area contributed by atoms with Gasteiger partial charge in [-0.05, 0) is 24.1 Å². The molecular formula is C15H19N3O5S. The van der Waals surface area contributed by atoms with Crippen molar-refractivity contribution in [3.8, 4) is 5.75 Å². The van der Waals surface area contributed by atoms with Crippen molar-refractivity contribution in [2.24, 2.45) is 5.92 Å². The minimum atomic E-state index is -3.96. The molecular weight excluding hydrogens is 334 g/mol. The van der Waals surface area contributed by atoms with E-state index >= 15 is 0 Å². The second kappa shape index (κ2) is 6.91. The Morgan fingerprint density at radius 2 is 2.12 bits per heavy atom. The third-order valence-electron chi connectivity index (χ3n) is 3.15. The molecule has 2 rings (SSSR count). The third-order valence-corrected chi connectivity index (χ3v) is 4.40. The molecule has 1 heterocycles.